The second-order valence-corrected chi connectivity index (χ2v) is 8.24. The number of nitrogens with one attached hydrogen (secondary N) is 1. The van der Waals surface area contributed by atoms with Gasteiger partial charge >= 0.3 is 0 Å². The van der Waals surface area contributed by atoms with Gasteiger partial charge in [-0.25, -0.2) is 0 Å². The van der Waals surface area contributed by atoms with E-state index in [0.29, 0.717) is 17.0 Å². The molecule has 1 aromatic carbocycles. The lowest BCUT2D eigenvalue weighted by atomic mass is 9.66. The predicted molar refractivity (Wildman–Crippen MR) is 100 cm³/mol. The van der Waals surface area contributed by atoms with Crippen LogP contribution in [0.1, 0.15) is 50.4 Å². The van der Waals surface area contributed by atoms with Crippen LogP contribution >= 0.6 is 23.2 Å². The highest BCUT2D eigenvalue weighted by molar-refractivity contribution is 6.36. The van der Waals surface area contributed by atoms with Gasteiger partial charge in [0.05, 0.1) is 11.6 Å². The monoisotopic (exact) mass is 385 g/mol. The Morgan fingerprint density at radius 3 is 2.60 bits per heavy atom. The Labute approximate surface area is 158 Å². The third kappa shape index (κ3) is 4.55. The van der Waals surface area contributed by atoms with E-state index in [1.807, 2.05) is 20.8 Å². The molecule has 0 radical (unpaired) electrons. The number of carbonyl (C=O) groups is 2. The standard InChI is InChI=1S/C19H25Cl2NO3/c1-11(2)15-7-4-12(3)9-19(15,25)18(24)22-10-17(23)14-6-5-13(20)8-16(14)21/h5-6,8,11-12,15,25H,4,7,9-10H2,1-3H3,(H,22,24)/t12?,15?,19-/m1/s1. The van der Waals surface area contributed by atoms with Gasteiger partial charge < -0.3 is 10.4 Å². The summed E-state index contributed by atoms with van der Waals surface area (Å²) < 4.78 is 0. The molecule has 1 aliphatic rings. The number of benzene rings is 1. The van der Waals surface area contributed by atoms with Crippen LogP contribution in [0, 0.1) is 17.8 Å². The predicted octanol–water partition coefficient (Wildman–Crippen LogP) is 4.12. The minimum absolute atomic E-state index is 0.113. The van der Waals surface area contributed by atoms with Gasteiger partial charge in [-0.15, -0.1) is 0 Å². The zero-order chi connectivity index (χ0) is 18.8. The fraction of sp³-hybridized carbons (Fsp3) is 0.579. The molecule has 2 N–H and O–H groups in total. The summed E-state index contributed by atoms with van der Waals surface area (Å²) in [7, 11) is 0. The average Bonchev–Trinajstić information content (AvgIpc) is 2.51. The van der Waals surface area contributed by atoms with Crippen LogP contribution in [0.2, 0.25) is 10.0 Å². The lowest BCUT2D eigenvalue weighted by Gasteiger charge is -2.43. The zero-order valence-corrected chi connectivity index (χ0v) is 16.3. The van der Waals surface area contributed by atoms with Crippen molar-refractivity contribution in [3.63, 3.8) is 0 Å². The number of aliphatic hydroxyl groups is 1. The number of hydrogen-bond acceptors (Lipinski definition) is 3. The van der Waals surface area contributed by atoms with Gasteiger partial charge in [0, 0.05) is 10.6 Å². The van der Waals surface area contributed by atoms with Gasteiger partial charge in [0.2, 0.25) is 0 Å². The molecule has 25 heavy (non-hydrogen) atoms. The normalized spacial score (nSPS) is 26.5. The number of amides is 1. The van der Waals surface area contributed by atoms with Gasteiger partial charge in [-0.05, 0) is 48.8 Å². The molecule has 3 atom stereocenters. The SMILES string of the molecule is CC1CCC(C(C)C)[C@@](O)(C(=O)NCC(=O)c2ccc(Cl)cc2Cl)C1. The van der Waals surface area contributed by atoms with Crippen molar-refractivity contribution in [2.45, 2.75) is 45.6 Å². The number of halogens is 2. The number of rotatable bonds is 5. The topological polar surface area (TPSA) is 66.4 Å². The Morgan fingerprint density at radius 1 is 1.32 bits per heavy atom. The van der Waals surface area contributed by atoms with Crippen LogP contribution in [0.4, 0.5) is 0 Å². The van der Waals surface area contributed by atoms with Crippen molar-refractivity contribution in [1.82, 2.24) is 5.32 Å². The van der Waals surface area contributed by atoms with Crippen LogP contribution in [0.15, 0.2) is 18.2 Å². The molecule has 0 heterocycles. The van der Waals surface area contributed by atoms with Crippen LogP contribution in [-0.4, -0.2) is 28.9 Å². The first-order chi connectivity index (χ1) is 11.6. The fourth-order valence-corrected chi connectivity index (χ4v) is 4.27. The molecular weight excluding hydrogens is 361 g/mol. The van der Waals surface area contributed by atoms with E-state index < -0.39 is 11.5 Å². The van der Waals surface area contributed by atoms with E-state index >= 15 is 0 Å². The van der Waals surface area contributed by atoms with Crippen molar-refractivity contribution in [1.29, 1.82) is 0 Å². The largest absolute Gasteiger partial charge is 0.380 e. The molecule has 1 saturated carbocycles. The van der Waals surface area contributed by atoms with Gasteiger partial charge in [0.1, 0.15) is 5.60 Å². The van der Waals surface area contributed by atoms with Crippen LogP contribution in [-0.2, 0) is 4.79 Å². The molecule has 1 aliphatic carbocycles. The quantitative estimate of drug-likeness (QED) is 0.749. The summed E-state index contributed by atoms with van der Waals surface area (Å²) in [5.74, 6) is -0.450. The van der Waals surface area contributed by atoms with E-state index in [4.69, 9.17) is 23.2 Å². The molecule has 2 rings (SSSR count). The molecule has 1 aromatic rings. The van der Waals surface area contributed by atoms with Crippen molar-refractivity contribution < 1.29 is 14.7 Å². The van der Waals surface area contributed by atoms with E-state index in [9.17, 15) is 14.7 Å². The number of carbonyl (C=O) groups excluding carboxylic acids is 2. The Bertz CT molecular complexity index is 662. The number of ketones is 1. The van der Waals surface area contributed by atoms with Crippen LogP contribution in [0.25, 0.3) is 0 Å². The second kappa shape index (κ2) is 8.07. The van der Waals surface area contributed by atoms with Crippen molar-refractivity contribution in [3.8, 4) is 0 Å². The third-order valence-electron chi connectivity index (χ3n) is 5.08. The third-order valence-corrected chi connectivity index (χ3v) is 5.63. The number of Topliss-reactive ketones (excluding diaryl/α,β-unsaturated/α-hetero) is 1. The minimum Gasteiger partial charge on any atom is -0.380 e. The van der Waals surface area contributed by atoms with Crippen molar-refractivity contribution in [2.75, 3.05) is 6.54 Å². The smallest absolute Gasteiger partial charge is 0.252 e. The van der Waals surface area contributed by atoms with E-state index in [1.54, 1.807) is 6.07 Å². The van der Waals surface area contributed by atoms with E-state index in [2.05, 4.69) is 5.32 Å². The first-order valence-corrected chi connectivity index (χ1v) is 9.39. The second-order valence-electron chi connectivity index (χ2n) is 7.39. The lowest BCUT2D eigenvalue weighted by molar-refractivity contribution is -0.155. The fourth-order valence-electron chi connectivity index (χ4n) is 3.76. The maximum absolute atomic E-state index is 12.7. The van der Waals surface area contributed by atoms with Crippen LogP contribution < -0.4 is 5.32 Å². The Morgan fingerprint density at radius 2 is 2.00 bits per heavy atom. The summed E-state index contributed by atoms with van der Waals surface area (Å²) in [6.45, 7) is 5.85. The Hall–Kier alpha value is -1.10. The van der Waals surface area contributed by atoms with E-state index in [1.165, 1.54) is 12.1 Å². The highest BCUT2D eigenvalue weighted by Gasteiger charge is 2.48. The Kier molecular flexibility index (Phi) is 6.52. The molecule has 138 valence electrons. The minimum atomic E-state index is -1.43. The van der Waals surface area contributed by atoms with Crippen molar-refractivity contribution >= 4 is 34.9 Å². The molecule has 1 fully saturated rings. The van der Waals surface area contributed by atoms with Crippen LogP contribution in [0.5, 0.6) is 0 Å². The first-order valence-electron chi connectivity index (χ1n) is 8.64. The molecule has 0 bridgehead atoms. The zero-order valence-electron chi connectivity index (χ0n) is 14.8. The first kappa shape index (κ1) is 20.2. The molecule has 4 nitrogen and oxygen atoms in total. The van der Waals surface area contributed by atoms with Gasteiger partial charge in [-0.3, -0.25) is 9.59 Å². The molecular formula is C19H25Cl2NO3. The highest BCUT2D eigenvalue weighted by atomic mass is 35.5. The average molecular weight is 386 g/mol. The van der Waals surface area contributed by atoms with Gasteiger partial charge in [-0.1, -0.05) is 50.4 Å². The lowest BCUT2D eigenvalue weighted by Crippen LogP contribution is -2.57. The van der Waals surface area contributed by atoms with Gasteiger partial charge in [0.25, 0.3) is 5.91 Å². The molecule has 1 amide bonds. The highest BCUT2D eigenvalue weighted by Crippen LogP contribution is 2.41. The Balaban J connectivity index is 2.08. The summed E-state index contributed by atoms with van der Waals surface area (Å²) in [5.41, 5.74) is -1.13. The molecule has 0 aliphatic heterocycles. The maximum atomic E-state index is 12.7. The molecule has 0 aromatic heterocycles. The van der Waals surface area contributed by atoms with E-state index in [0.717, 1.165) is 12.8 Å². The van der Waals surface area contributed by atoms with Crippen molar-refractivity contribution in [2.24, 2.45) is 17.8 Å². The molecule has 0 saturated heterocycles. The summed E-state index contributed by atoms with van der Waals surface area (Å²) >= 11 is 11.9. The van der Waals surface area contributed by atoms with Gasteiger partial charge in [0.15, 0.2) is 5.78 Å². The summed E-state index contributed by atoms with van der Waals surface area (Å²) in [6.07, 6.45) is 2.22. The van der Waals surface area contributed by atoms with E-state index in [-0.39, 0.29) is 35.1 Å². The summed E-state index contributed by atoms with van der Waals surface area (Å²) in [6, 6.07) is 4.60. The van der Waals surface area contributed by atoms with Gasteiger partial charge in [-0.2, -0.15) is 0 Å². The molecule has 0 spiro atoms. The number of hydrogen-bond donors (Lipinski definition) is 2. The molecule has 2 unspecified atom stereocenters. The molecule has 6 heteroatoms. The van der Waals surface area contributed by atoms with Crippen LogP contribution in [0.3, 0.4) is 0 Å². The van der Waals surface area contributed by atoms with Crippen molar-refractivity contribution in [3.05, 3.63) is 33.8 Å². The summed E-state index contributed by atoms with van der Waals surface area (Å²) in [5, 5.41) is 14.3. The maximum Gasteiger partial charge on any atom is 0.252 e. The summed E-state index contributed by atoms with van der Waals surface area (Å²) in [4.78, 5) is 25.0.